The third-order valence-corrected chi connectivity index (χ3v) is 3.06. The predicted octanol–water partition coefficient (Wildman–Crippen LogP) is 2.64. The number of carboxylic acids is 1. The number of rotatable bonds is 4. The summed E-state index contributed by atoms with van der Waals surface area (Å²) >= 11 is 3.30. The van der Waals surface area contributed by atoms with Crippen molar-refractivity contribution in [2.45, 2.75) is 25.1 Å². The Balaban J connectivity index is 3.38. The zero-order chi connectivity index (χ0) is 12.1. The number of nitriles is 1. The first kappa shape index (κ1) is 12.7. The number of aliphatic carboxylic acids is 1. The molecule has 0 saturated heterocycles. The summed E-state index contributed by atoms with van der Waals surface area (Å²) in [6.45, 7) is 1.95. The normalized spacial score (nSPS) is 9.81. The third-order valence-electron chi connectivity index (χ3n) is 2.46. The highest BCUT2D eigenvalue weighted by Gasteiger charge is 2.14. The fourth-order valence-corrected chi connectivity index (χ4v) is 2.14. The molecule has 16 heavy (non-hydrogen) atoms. The second-order valence-electron chi connectivity index (χ2n) is 3.41. The summed E-state index contributed by atoms with van der Waals surface area (Å²) in [6.07, 6.45) is 0.646. The van der Waals surface area contributed by atoms with Gasteiger partial charge in [0.1, 0.15) is 0 Å². The molecule has 0 atom stereocenters. The average Bonchev–Trinajstić information content (AvgIpc) is 2.27. The Kier molecular flexibility index (Phi) is 4.51. The van der Waals surface area contributed by atoms with Crippen LogP contribution in [-0.4, -0.2) is 11.1 Å². The summed E-state index contributed by atoms with van der Waals surface area (Å²) in [5.74, 6) is -0.905. The van der Waals surface area contributed by atoms with Crippen molar-refractivity contribution in [1.29, 1.82) is 5.26 Å². The van der Waals surface area contributed by atoms with Crippen LogP contribution in [0.15, 0.2) is 12.1 Å². The van der Waals surface area contributed by atoms with Gasteiger partial charge in [0.2, 0.25) is 0 Å². The molecule has 0 fully saturated rings. The standard InChI is InChI=1S/C12H12BrNO2/c1-2-8-3-4-9(6-13)11(7-14)10(8)5-12(15)16/h3-4H,2,5-6H2,1H3,(H,15,16). The minimum atomic E-state index is -0.905. The van der Waals surface area contributed by atoms with E-state index in [1.165, 1.54) is 0 Å². The number of carboxylic acid groups (broad SMARTS) is 1. The van der Waals surface area contributed by atoms with Crippen LogP contribution in [0.4, 0.5) is 0 Å². The highest BCUT2D eigenvalue weighted by Crippen LogP contribution is 2.22. The first-order valence-electron chi connectivity index (χ1n) is 4.95. The molecule has 0 aliphatic heterocycles. The zero-order valence-corrected chi connectivity index (χ0v) is 10.5. The highest BCUT2D eigenvalue weighted by molar-refractivity contribution is 9.08. The zero-order valence-electron chi connectivity index (χ0n) is 8.96. The van der Waals surface area contributed by atoms with Crippen LogP contribution >= 0.6 is 15.9 Å². The molecule has 0 saturated carbocycles. The summed E-state index contributed by atoms with van der Waals surface area (Å²) in [4.78, 5) is 10.8. The molecule has 4 heteroatoms. The summed E-state index contributed by atoms with van der Waals surface area (Å²) in [7, 11) is 0. The SMILES string of the molecule is CCc1ccc(CBr)c(C#N)c1CC(=O)O. The molecule has 0 amide bonds. The largest absolute Gasteiger partial charge is 0.481 e. The van der Waals surface area contributed by atoms with E-state index in [0.29, 0.717) is 16.5 Å². The van der Waals surface area contributed by atoms with Gasteiger partial charge in [-0.15, -0.1) is 0 Å². The van der Waals surface area contributed by atoms with Crippen molar-refractivity contribution in [2.24, 2.45) is 0 Å². The maximum absolute atomic E-state index is 10.8. The van der Waals surface area contributed by atoms with Crippen molar-refractivity contribution in [3.8, 4) is 6.07 Å². The van der Waals surface area contributed by atoms with Gasteiger partial charge in [0.15, 0.2) is 0 Å². The van der Waals surface area contributed by atoms with Gasteiger partial charge < -0.3 is 5.11 Å². The molecule has 0 bridgehead atoms. The number of halogens is 1. The monoisotopic (exact) mass is 281 g/mol. The van der Waals surface area contributed by atoms with Gasteiger partial charge in [-0.25, -0.2) is 0 Å². The number of carbonyl (C=O) groups is 1. The van der Waals surface area contributed by atoms with Crippen LogP contribution in [0.1, 0.15) is 29.2 Å². The van der Waals surface area contributed by atoms with Crippen molar-refractivity contribution in [1.82, 2.24) is 0 Å². The molecule has 0 aromatic heterocycles. The molecule has 0 aliphatic carbocycles. The Hall–Kier alpha value is -1.34. The Morgan fingerprint density at radius 3 is 2.56 bits per heavy atom. The van der Waals surface area contributed by atoms with Crippen LogP contribution in [0.5, 0.6) is 0 Å². The number of aryl methyl sites for hydroxylation is 1. The number of alkyl halides is 1. The maximum atomic E-state index is 10.8. The fraction of sp³-hybridized carbons (Fsp3) is 0.333. The maximum Gasteiger partial charge on any atom is 0.307 e. The smallest absolute Gasteiger partial charge is 0.307 e. The van der Waals surface area contributed by atoms with E-state index in [1.54, 1.807) is 0 Å². The highest BCUT2D eigenvalue weighted by atomic mass is 79.9. The van der Waals surface area contributed by atoms with E-state index < -0.39 is 5.97 Å². The Labute approximate surface area is 103 Å². The molecule has 0 radical (unpaired) electrons. The minimum absolute atomic E-state index is 0.0904. The fourth-order valence-electron chi connectivity index (χ4n) is 1.67. The van der Waals surface area contributed by atoms with Gasteiger partial charge in [-0.2, -0.15) is 5.26 Å². The van der Waals surface area contributed by atoms with Crippen molar-refractivity contribution in [3.05, 3.63) is 34.4 Å². The lowest BCUT2D eigenvalue weighted by Crippen LogP contribution is -2.07. The van der Waals surface area contributed by atoms with Gasteiger partial charge in [0, 0.05) is 5.33 Å². The lowest BCUT2D eigenvalue weighted by Gasteiger charge is -2.11. The number of hydrogen-bond donors (Lipinski definition) is 1. The van der Waals surface area contributed by atoms with Gasteiger partial charge >= 0.3 is 5.97 Å². The van der Waals surface area contributed by atoms with Crippen LogP contribution in [0.25, 0.3) is 0 Å². The Morgan fingerprint density at radius 1 is 1.50 bits per heavy atom. The molecular formula is C12H12BrNO2. The molecule has 0 heterocycles. The molecule has 3 nitrogen and oxygen atoms in total. The summed E-state index contributed by atoms with van der Waals surface area (Å²) < 4.78 is 0. The van der Waals surface area contributed by atoms with Crippen LogP contribution in [0.3, 0.4) is 0 Å². The lowest BCUT2D eigenvalue weighted by atomic mass is 9.94. The van der Waals surface area contributed by atoms with Crippen molar-refractivity contribution < 1.29 is 9.90 Å². The first-order chi connectivity index (χ1) is 7.63. The van der Waals surface area contributed by atoms with Crippen molar-refractivity contribution >= 4 is 21.9 Å². The average molecular weight is 282 g/mol. The van der Waals surface area contributed by atoms with E-state index in [1.807, 2.05) is 19.1 Å². The summed E-state index contributed by atoms with van der Waals surface area (Å²) in [5.41, 5.74) is 2.92. The Bertz CT molecular complexity index is 449. The minimum Gasteiger partial charge on any atom is -0.481 e. The molecule has 1 N–H and O–H groups in total. The molecule has 1 aromatic carbocycles. The van der Waals surface area contributed by atoms with Gasteiger partial charge in [-0.3, -0.25) is 4.79 Å². The van der Waals surface area contributed by atoms with E-state index in [0.717, 1.165) is 17.5 Å². The van der Waals surface area contributed by atoms with E-state index >= 15 is 0 Å². The van der Waals surface area contributed by atoms with Crippen molar-refractivity contribution in [2.75, 3.05) is 0 Å². The molecule has 0 aliphatic rings. The molecule has 84 valence electrons. The predicted molar refractivity (Wildman–Crippen MR) is 64.5 cm³/mol. The van der Waals surface area contributed by atoms with Gasteiger partial charge in [0.05, 0.1) is 18.1 Å². The van der Waals surface area contributed by atoms with E-state index in [9.17, 15) is 4.79 Å². The summed E-state index contributed by atoms with van der Waals surface area (Å²) in [6, 6.07) is 5.87. The Morgan fingerprint density at radius 2 is 2.12 bits per heavy atom. The molecule has 1 aromatic rings. The van der Waals surface area contributed by atoms with Crippen LogP contribution < -0.4 is 0 Å². The quantitative estimate of drug-likeness (QED) is 0.863. The first-order valence-corrected chi connectivity index (χ1v) is 6.07. The van der Waals surface area contributed by atoms with E-state index in [-0.39, 0.29) is 6.42 Å². The molecule has 0 unspecified atom stereocenters. The second kappa shape index (κ2) is 5.66. The van der Waals surface area contributed by atoms with E-state index in [2.05, 4.69) is 22.0 Å². The van der Waals surface area contributed by atoms with Gasteiger partial charge in [-0.1, -0.05) is 35.0 Å². The van der Waals surface area contributed by atoms with Crippen LogP contribution in [0, 0.1) is 11.3 Å². The molecule has 0 spiro atoms. The summed E-state index contributed by atoms with van der Waals surface area (Å²) in [5, 5.41) is 18.5. The topological polar surface area (TPSA) is 61.1 Å². The van der Waals surface area contributed by atoms with Crippen LogP contribution in [0.2, 0.25) is 0 Å². The van der Waals surface area contributed by atoms with E-state index in [4.69, 9.17) is 10.4 Å². The lowest BCUT2D eigenvalue weighted by molar-refractivity contribution is -0.136. The number of hydrogen-bond acceptors (Lipinski definition) is 2. The number of benzene rings is 1. The second-order valence-corrected chi connectivity index (χ2v) is 3.97. The molecular weight excluding hydrogens is 270 g/mol. The third kappa shape index (κ3) is 2.61. The van der Waals surface area contributed by atoms with Crippen molar-refractivity contribution in [3.63, 3.8) is 0 Å². The number of nitrogens with zero attached hydrogens (tertiary/aromatic N) is 1. The van der Waals surface area contributed by atoms with Gasteiger partial charge in [-0.05, 0) is 23.1 Å². The van der Waals surface area contributed by atoms with Crippen LogP contribution in [-0.2, 0) is 23.0 Å². The molecule has 1 rings (SSSR count). The van der Waals surface area contributed by atoms with Gasteiger partial charge in [0.25, 0.3) is 0 Å².